The van der Waals surface area contributed by atoms with Gasteiger partial charge in [-0.25, -0.2) is 4.98 Å². The molecule has 0 aromatic carbocycles. The molecule has 5 rings (SSSR count). The fourth-order valence-electron chi connectivity index (χ4n) is 5.49. The minimum Gasteiger partial charge on any atom is -0.490 e. The van der Waals surface area contributed by atoms with Crippen LogP contribution in [0.1, 0.15) is 54.9 Å². The van der Waals surface area contributed by atoms with Crippen LogP contribution in [0.2, 0.25) is 0 Å². The summed E-state index contributed by atoms with van der Waals surface area (Å²) in [6, 6.07) is 2.44. The van der Waals surface area contributed by atoms with Gasteiger partial charge >= 0.3 is 5.92 Å². The molecule has 0 bridgehead atoms. The van der Waals surface area contributed by atoms with E-state index in [1.54, 1.807) is 17.5 Å². The second-order valence-electron chi connectivity index (χ2n) is 9.13. The molecule has 2 aromatic heterocycles. The predicted octanol–water partition coefficient (Wildman–Crippen LogP) is 3.86. The van der Waals surface area contributed by atoms with Crippen LogP contribution in [0.5, 0.6) is 5.75 Å². The van der Waals surface area contributed by atoms with Crippen LogP contribution in [0.3, 0.4) is 0 Å². The summed E-state index contributed by atoms with van der Waals surface area (Å²) in [7, 11) is 0. The summed E-state index contributed by atoms with van der Waals surface area (Å²) >= 11 is 1.55. The van der Waals surface area contributed by atoms with E-state index in [1.165, 1.54) is 0 Å². The Morgan fingerprint density at radius 3 is 2.72 bits per heavy atom. The molecule has 2 aromatic rings. The van der Waals surface area contributed by atoms with E-state index in [4.69, 9.17) is 15.2 Å². The van der Waals surface area contributed by atoms with Gasteiger partial charge in [0.15, 0.2) is 0 Å². The number of hydrogen-bond acceptors (Lipinski definition) is 6. The van der Waals surface area contributed by atoms with Crippen molar-refractivity contribution in [3.8, 4) is 5.75 Å². The third-order valence-electron chi connectivity index (χ3n) is 7.16. The molecular formula is C23H29F2N3O3S. The largest absolute Gasteiger partial charge is 0.490 e. The van der Waals surface area contributed by atoms with Gasteiger partial charge in [0.1, 0.15) is 10.6 Å². The van der Waals surface area contributed by atoms with E-state index in [0.29, 0.717) is 12.5 Å². The Kier molecular flexibility index (Phi) is 6.07. The van der Waals surface area contributed by atoms with Crippen molar-refractivity contribution in [2.45, 2.75) is 68.9 Å². The number of hydrogen-bond donors (Lipinski definition) is 1. The Hall–Kier alpha value is -1.84. The molecule has 9 heteroatoms. The molecule has 1 saturated heterocycles. The zero-order chi connectivity index (χ0) is 22.3. The minimum absolute atomic E-state index is 0.111. The number of morpholine rings is 1. The average Bonchev–Trinajstić information content (AvgIpc) is 3.35. The van der Waals surface area contributed by atoms with Crippen LogP contribution in [0.15, 0.2) is 12.3 Å². The second kappa shape index (κ2) is 8.83. The number of halogens is 2. The minimum atomic E-state index is -3.51. The summed E-state index contributed by atoms with van der Waals surface area (Å²) in [6.45, 7) is 3.62. The third-order valence-corrected chi connectivity index (χ3v) is 8.33. The van der Waals surface area contributed by atoms with E-state index in [-0.39, 0.29) is 6.10 Å². The first kappa shape index (κ1) is 22.0. The van der Waals surface area contributed by atoms with Crippen molar-refractivity contribution in [3.05, 3.63) is 22.7 Å². The van der Waals surface area contributed by atoms with Crippen LogP contribution in [-0.4, -0.2) is 60.2 Å². The summed E-state index contributed by atoms with van der Waals surface area (Å²) in [4.78, 5) is 20.1. The van der Waals surface area contributed by atoms with Gasteiger partial charge in [-0.1, -0.05) is 0 Å². The molecule has 6 nitrogen and oxygen atoms in total. The van der Waals surface area contributed by atoms with Gasteiger partial charge in [0.2, 0.25) is 0 Å². The molecule has 3 heterocycles. The highest BCUT2D eigenvalue weighted by Gasteiger charge is 2.42. The van der Waals surface area contributed by atoms with Crippen molar-refractivity contribution >= 4 is 27.5 Å². The normalized spacial score (nSPS) is 26.9. The lowest BCUT2D eigenvalue weighted by Gasteiger charge is -2.38. The number of primary amides is 1. The lowest BCUT2D eigenvalue weighted by Crippen LogP contribution is -2.46. The summed E-state index contributed by atoms with van der Waals surface area (Å²) in [5.74, 6) is -4.75. The zero-order valence-electron chi connectivity index (χ0n) is 18.0. The molecule has 1 aliphatic heterocycles. The van der Waals surface area contributed by atoms with Crippen molar-refractivity contribution in [2.75, 3.05) is 26.3 Å². The fraction of sp³-hybridized carbons (Fsp3) is 0.652. The van der Waals surface area contributed by atoms with E-state index in [1.807, 2.05) is 6.07 Å². The van der Waals surface area contributed by atoms with Crippen LogP contribution < -0.4 is 10.5 Å². The molecule has 1 atom stereocenters. The first-order valence-corrected chi connectivity index (χ1v) is 12.3. The van der Waals surface area contributed by atoms with Gasteiger partial charge < -0.3 is 15.2 Å². The van der Waals surface area contributed by atoms with E-state index in [2.05, 4.69) is 9.88 Å². The monoisotopic (exact) mass is 465 g/mol. The Morgan fingerprint density at radius 2 is 2.00 bits per heavy atom. The number of nitrogens with zero attached hydrogens (tertiary/aromatic N) is 2. The highest BCUT2D eigenvalue weighted by molar-refractivity contribution is 7.19. The topological polar surface area (TPSA) is 77.7 Å². The van der Waals surface area contributed by atoms with Gasteiger partial charge in [-0.15, -0.1) is 11.3 Å². The molecule has 1 saturated carbocycles. The maximum atomic E-state index is 14.1. The van der Waals surface area contributed by atoms with Crippen LogP contribution >= 0.6 is 11.3 Å². The Labute approximate surface area is 190 Å². The molecule has 3 aliphatic rings. The van der Waals surface area contributed by atoms with E-state index < -0.39 is 24.2 Å². The number of carbonyl (C=O) groups excluding carboxylic acids is 1. The lowest BCUT2D eigenvalue weighted by atomic mass is 9.91. The lowest BCUT2D eigenvalue weighted by molar-refractivity contribution is -0.143. The number of alkyl halides is 2. The molecule has 1 amide bonds. The van der Waals surface area contributed by atoms with Crippen molar-refractivity contribution in [1.82, 2.24) is 9.88 Å². The van der Waals surface area contributed by atoms with Gasteiger partial charge in [0.25, 0.3) is 5.91 Å². The number of aromatic nitrogens is 1. The number of thiophene rings is 1. The summed E-state index contributed by atoms with van der Waals surface area (Å²) < 4.78 is 40.2. The van der Waals surface area contributed by atoms with E-state index in [9.17, 15) is 13.6 Å². The molecule has 2 aliphatic carbocycles. The van der Waals surface area contributed by atoms with Crippen LogP contribution in [0.25, 0.3) is 10.2 Å². The number of fused-ring (bicyclic) bond motifs is 3. The maximum Gasteiger partial charge on any atom is 0.324 e. The molecule has 174 valence electrons. The van der Waals surface area contributed by atoms with Gasteiger partial charge in [-0.05, 0) is 56.1 Å². The molecule has 0 unspecified atom stereocenters. The molecule has 0 spiro atoms. The van der Waals surface area contributed by atoms with Crippen molar-refractivity contribution in [1.29, 1.82) is 0 Å². The summed E-state index contributed by atoms with van der Waals surface area (Å²) in [5, 5.41) is 0.852. The fourth-order valence-corrected chi connectivity index (χ4v) is 6.75. The van der Waals surface area contributed by atoms with Gasteiger partial charge in [0.05, 0.1) is 24.7 Å². The first-order valence-electron chi connectivity index (χ1n) is 11.5. The van der Waals surface area contributed by atoms with Crippen molar-refractivity contribution in [3.63, 3.8) is 0 Å². The molecule has 0 radical (unpaired) electrons. The summed E-state index contributed by atoms with van der Waals surface area (Å²) in [5.41, 5.74) is 5.83. The number of carbonyl (C=O) groups is 1. The molecule has 2 fully saturated rings. The standard InChI is InChI=1S/C23H29F2N3O3S/c24-23(25,22(26)29)13-14-1-6-18-19(14)20-17(7-8-27-21(20)32-18)31-16-4-2-15(3-5-16)28-9-11-30-12-10-28/h7-8,14-16H,1-6,9-13H2,(H2,26,29)/t14-,15-,16-/m1/s1. The number of ether oxygens (including phenoxy) is 2. The van der Waals surface area contributed by atoms with Gasteiger partial charge in [-0.3, -0.25) is 9.69 Å². The quantitative estimate of drug-likeness (QED) is 0.701. The maximum absolute atomic E-state index is 14.1. The highest BCUT2D eigenvalue weighted by atomic mass is 32.1. The first-order chi connectivity index (χ1) is 15.4. The van der Waals surface area contributed by atoms with E-state index in [0.717, 1.165) is 84.8 Å². The Balaban J connectivity index is 1.33. The van der Waals surface area contributed by atoms with Crippen LogP contribution in [0, 0.1) is 0 Å². The van der Waals surface area contributed by atoms with Crippen LogP contribution in [0.4, 0.5) is 8.78 Å². The molecule has 2 N–H and O–H groups in total. The number of nitrogens with two attached hydrogens (primary N) is 1. The third kappa shape index (κ3) is 4.22. The second-order valence-corrected chi connectivity index (χ2v) is 10.2. The Bertz CT molecular complexity index is 984. The predicted molar refractivity (Wildman–Crippen MR) is 119 cm³/mol. The van der Waals surface area contributed by atoms with Gasteiger partial charge in [-0.2, -0.15) is 8.78 Å². The van der Waals surface area contributed by atoms with Gasteiger partial charge in [0, 0.05) is 36.6 Å². The summed E-state index contributed by atoms with van der Waals surface area (Å²) in [6.07, 6.45) is 6.74. The molecular weight excluding hydrogens is 436 g/mol. The Morgan fingerprint density at radius 1 is 1.25 bits per heavy atom. The van der Waals surface area contributed by atoms with Crippen LogP contribution in [-0.2, 0) is 16.0 Å². The number of amides is 1. The van der Waals surface area contributed by atoms with Crippen molar-refractivity contribution in [2.24, 2.45) is 5.73 Å². The smallest absolute Gasteiger partial charge is 0.324 e. The average molecular weight is 466 g/mol. The van der Waals surface area contributed by atoms with E-state index >= 15 is 0 Å². The molecule has 32 heavy (non-hydrogen) atoms. The SMILES string of the molecule is NC(=O)C(F)(F)C[C@H]1CCc2sc3nccc(O[C@H]4CC[C@H](N5CCOCC5)CC4)c3c21. The number of aryl methyl sites for hydroxylation is 1. The zero-order valence-corrected chi connectivity index (χ0v) is 18.8. The number of pyridine rings is 1. The number of rotatable bonds is 6. The van der Waals surface area contributed by atoms with Crippen molar-refractivity contribution < 1.29 is 23.0 Å². The highest BCUT2D eigenvalue weighted by Crippen LogP contribution is 2.49.